The van der Waals surface area contributed by atoms with E-state index in [9.17, 15) is 0 Å². The summed E-state index contributed by atoms with van der Waals surface area (Å²) in [7, 11) is 1.61. The summed E-state index contributed by atoms with van der Waals surface area (Å²) in [6.45, 7) is 1.90. The molecular weight excluding hydrogens is 234 g/mol. The summed E-state index contributed by atoms with van der Waals surface area (Å²) in [5, 5.41) is 9.05. The van der Waals surface area contributed by atoms with Crippen LogP contribution < -0.4 is 4.74 Å². The zero-order chi connectivity index (χ0) is 12.3. The molecule has 0 spiro atoms. The zero-order valence-electron chi connectivity index (χ0n) is 9.56. The highest BCUT2D eigenvalue weighted by molar-refractivity contribution is 7.99. The van der Waals surface area contributed by atoms with Crippen LogP contribution in [0.4, 0.5) is 0 Å². The van der Waals surface area contributed by atoms with Gasteiger partial charge >= 0.3 is 0 Å². The van der Waals surface area contributed by atoms with Crippen LogP contribution in [-0.4, -0.2) is 7.11 Å². The number of methoxy groups -OCH3 is 1. The first-order valence-corrected chi connectivity index (χ1v) is 5.86. The molecule has 0 amide bonds. The van der Waals surface area contributed by atoms with E-state index in [0.717, 1.165) is 21.3 Å². The van der Waals surface area contributed by atoms with Crippen molar-refractivity contribution in [1.29, 1.82) is 5.26 Å². The minimum absolute atomic E-state index is 0.636. The molecule has 0 unspecified atom stereocenters. The molecule has 1 aromatic heterocycles. The van der Waals surface area contributed by atoms with Gasteiger partial charge in [-0.05, 0) is 31.2 Å². The van der Waals surface area contributed by atoms with Gasteiger partial charge in [0.1, 0.15) is 17.6 Å². The Balaban J connectivity index is 2.37. The molecule has 0 fully saturated rings. The number of aryl methyl sites for hydroxylation is 1. The summed E-state index contributed by atoms with van der Waals surface area (Å²) in [6, 6.07) is 9.46. The Kier molecular flexibility index (Phi) is 3.40. The minimum Gasteiger partial charge on any atom is -0.497 e. The summed E-state index contributed by atoms with van der Waals surface area (Å²) in [5.41, 5.74) is 0.636. The number of nitriles is 1. The second-order valence-corrected chi connectivity index (χ2v) is 4.50. The van der Waals surface area contributed by atoms with Crippen LogP contribution in [0.5, 0.6) is 5.75 Å². The van der Waals surface area contributed by atoms with Gasteiger partial charge in [0.25, 0.3) is 0 Å². The number of rotatable bonds is 3. The molecule has 1 heterocycles. The van der Waals surface area contributed by atoms with Crippen molar-refractivity contribution in [2.24, 2.45) is 0 Å². The van der Waals surface area contributed by atoms with E-state index < -0.39 is 0 Å². The SMILES string of the molecule is COc1ccc(C#N)c(Sc2ccoc2C)c1. The predicted octanol–water partition coefficient (Wildman–Crippen LogP) is 3.62. The van der Waals surface area contributed by atoms with Gasteiger partial charge in [0.15, 0.2) is 0 Å². The summed E-state index contributed by atoms with van der Waals surface area (Å²) in [5.74, 6) is 1.59. The lowest BCUT2D eigenvalue weighted by atomic mass is 10.2. The van der Waals surface area contributed by atoms with Crippen LogP contribution in [-0.2, 0) is 0 Å². The Morgan fingerprint density at radius 1 is 1.29 bits per heavy atom. The van der Waals surface area contributed by atoms with E-state index >= 15 is 0 Å². The number of hydrogen-bond donors (Lipinski definition) is 0. The lowest BCUT2D eigenvalue weighted by Crippen LogP contribution is -1.86. The van der Waals surface area contributed by atoms with Gasteiger partial charge in [0.2, 0.25) is 0 Å². The Bertz CT molecular complexity index is 569. The quantitative estimate of drug-likeness (QED) is 0.828. The fraction of sp³-hybridized carbons (Fsp3) is 0.154. The normalized spacial score (nSPS) is 9.94. The Hall–Kier alpha value is -1.86. The standard InChI is InChI=1S/C13H11NO2S/c1-9-12(5-6-16-9)17-13-7-11(15-2)4-3-10(13)8-14/h3-7H,1-2H3. The number of benzene rings is 1. The minimum atomic E-state index is 0.636. The van der Waals surface area contributed by atoms with E-state index in [2.05, 4.69) is 6.07 Å². The molecule has 0 radical (unpaired) electrons. The second-order valence-electron chi connectivity index (χ2n) is 3.42. The van der Waals surface area contributed by atoms with Crippen molar-refractivity contribution in [3.8, 4) is 11.8 Å². The Labute approximate surface area is 104 Å². The third-order valence-electron chi connectivity index (χ3n) is 2.34. The van der Waals surface area contributed by atoms with Gasteiger partial charge < -0.3 is 9.15 Å². The summed E-state index contributed by atoms with van der Waals surface area (Å²) < 4.78 is 10.4. The summed E-state index contributed by atoms with van der Waals surface area (Å²) >= 11 is 1.51. The highest BCUT2D eigenvalue weighted by atomic mass is 32.2. The molecule has 4 heteroatoms. The fourth-order valence-electron chi connectivity index (χ4n) is 1.40. The van der Waals surface area contributed by atoms with Crippen LogP contribution in [0.3, 0.4) is 0 Å². The maximum Gasteiger partial charge on any atom is 0.120 e. The molecule has 2 aromatic rings. The maximum absolute atomic E-state index is 9.05. The van der Waals surface area contributed by atoms with Crippen molar-refractivity contribution in [2.45, 2.75) is 16.7 Å². The van der Waals surface area contributed by atoms with Gasteiger partial charge in [-0.25, -0.2) is 0 Å². The number of furan rings is 1. The molecule has 3 nitrogen and oxygen atoms in total. The molecule has 2 rings (SSSR count). The van der Waals surface area contributed by atoms with E-state index in [0.29, 0.717) is 5.56 Å². The third kappa shape index (κ3) is 2.45. The molecule has 1 aromatic carbocycles. The first-order chi connectivity index (χ1) is 8.24. The zero-order valence-corrected chi connectivity index (χ0v) is 10.4. The first-order valence-electron chi connectivity index (χ1n) is 5.04. The molecule has 0 N–H and O–H groups in total. The molecule has 0 saturated heterocycles. The number of hydrogen-bond acceptors (Lipinski definition) is 4. The van der Waals surface area contributed by atoms with Gasteiger partial charge in [-0.2, -0.15) is 5.26 Å². The van der Waals surface area contributed by atoms with Gasteiger partial charge in [-0.1, -0.05) is 11.8 Å². The Morgan fingerprint density at radius 2 is 2.12 bits per heavy atom. The monoisotopic (exact) mass is 245 g/mol. The van der Waals surface area contributed by atoms with Gasteiger partial charge in [-0.3, -0.25) is 0 Å². The van der Waals surface area contributed by atoms with Crippen molar-refractivity contribution < 1.29 is 9.15 Å². The average molecular weight is 245 g/mol. The molecule has 0 aliphatic heterocycles. The predicted molar refractivity (Wildman–Crippen MR) is 65.3 cm³/mol. The highest BCUT2D eigenvalue weighted by Gasteiger charge is 2.09. The van der Waals surface area contributed by atoms with Crippen molar-refractivity contribution in [3.63, 3.8) is 0 Å². The van der Waals surface area contributed by atoms with Gasteiger partial charge in [0.05, 0.1) is 23.8 Å². The van der Waals surface area contributed by atoms with Crippen molar-refractivity contribution in [2.75, 3.05) is 7.11 Å². The second kappa shape index (κ2) is 4.98. The molecule has 0 aliphatic carbocycles. The summed E-state index contributed by atoms with van der Waals surface area (Å²) in [6.07, 6.45) is 1.64. The molecular formula is C13H11NO2S. The highest BCUT2D eigenvalue weighted by Crippen LogP contribution is 2.34. The lowest BCUT2D eigenvalue weighted by Gasteiger charge is -2.05. The van der Waals surface area contributed by atoms with E-state index in [4.69, 9.17) is 14.4 Å². The molecule has 0 bridgehead atoms. The van der Waals surface area contributed by atoms with Gasteiger partial charge in [0, 0.05) is 4.90 Å². The largest absolute Gasteiger partial charge is 0.497 e. The van der Waals surface area contributed by atoms with Crippen LogP contribution in [0.1, 0.15) is 11.3 Å². The lowest BCUT2D eigenvalue weighted by molar-refractivity contribution is 0.413. The van der Waals surface area contributed by atoms with Crippen molar-refractivity contribution >= 4 is 11.8 Å². The number of ether oxygens (including phenoxy) is 1. The molecule has 17 heavy (non-hydrogen) atoms. The molecule has 0 atom stereocenters. The molecule has 0 saturated carbocycles. The Morgan fingerprint density at radius 3 is 2.71 bits per heavy atom. The smallest absolute Gasteiger partial charge is 0.120 e. The fourth-order valence-corrected chi connectivity index (χ4v) is 2.36. The average Bonchev–Trinajstić information content (AvgIpc) is 2.75. The topological polar surface area (TPSA) is 46.2 Å². The van der Waals surface area contributed by atoms with E-state index in [-0.39, 0.29) is 0 Å². The molecule has 86 valence electrons. The number of nitrogens with zero attached hydrogens (tertiary/aromatic N) is 1. The van der Waals surface area contributed by atoms with Crippen molar-refractivity contribution in [1.82, 2.24) is 0 Å². The molecule has 0 aliphatic rings. The van der Waals surface area contributed by atoms with Crippen LogP contribution in [0.25, 0.3) is 0 Å². The van der Waals surface area contributed by atoms with E-state index in [1.165, 1.54) is 11.8 Å². The van der Waals surface area contributed by atoms with E-state index in [1.807, 2.05) is 19.1 Å². The van der Waals surface area contributed by atoms with Crippen molar-refractivity contribution in [3.05, 3.63) is 41.9 Å². The first kappa shape index (κ1) is 11.6. The van der Waals surface area contributed by atoms with Crippen LogP contribution >= 0.6 is 11.8 Å². The van der Waals surface area contributed by atoms with Crippen LogP contribution in [0, 0.1) is 18.3 Å². The summed E-state index contributed by atoms with van der Waals surface area (Å²) in [4.78, 5) is 1.88. The maximum atomic E-state index is 9.05. The van der Waals surface area contributed by atoms with Gasteiger partial charge in [-0.15, -0.1) is 0 Å². The third-order valence-corrected chi connectivity index (χ3v) is 3.54. The van der Waals surface area contributed by atoms with Crippen LogP contribution in [0.2, 0.25) is 0 Å². The van der Waals surface area contributed by atoms with Crippen LogP contribution in [0.15, 0.2) is 44.7 Å². The van der Waals surface area contributed by atoms with E-state index in [1.54, 1.807) is 25.5 Å².